The zero-order valence-corrected chi connectivity index (χ0v) is 7.62. The second-order valence-corrected chi connectivity index (χ2v) is 3.03. The van der Waals surface area contributed by atoms with Crippen molar-refractivity contribution < 1.29 is 5.11 Å². The fourth-order valence-electron chi connectivity index (χ4n) is 1.25. The number of rotatable bonds is 4. The summed E-state index contributed by atoms with van der Waals surface area (Å²) < 4.78 is 2.06. The topological polar surface area (TPSA) is 37.2 Å². The molecule has 1 heterocycles. The van der Waals surface area contributed by atoms with Crippen molar-refractivity contribution in [3.63, 3.8) is 0 Å². The average molecular weight is 168 g/mol. The van der Waals surface area contributed by atoms with Crippen molar-refractivity contribution in [1.29, 1.82) is 0 Å². The van der Waals surface area contributed by atoms with Crippen LogP contribution in [-0.2, 0) is 13.1 Å². The Bertz CT molecular complexity index is 230. The minimum absolute atomic E-state index is 0.284. The summed E-state index contributed by atoms with van der Waals surface area (Å²) in [6.07, 6.45) is 1.70. The molecule has 0 aliphatic heterocycles. The smallest absolute Gasteiger partial charge is 0.0690 e. The fourth-order valence-corrected chi connectivity index (χ4v) is 1.25. The van der Waals surface area contributed by atoms with Crippen molar-refractivity contribution in [3.8, 4) is 0 Å². The van der Waals surface area contributed by atoms with E-state index in [4.69, 9.17) is 0 Å². The molecule has 0 radical (unpaired) electrons. The van der Waals surface area contributed by atoms with Crippen molar-refractivity contribution in [1.82, 2.24) is 9.88 Å². The summed E-state index contributed by atoms with van der Waals surface area (Å²) >= 11 is 0. The minimum Gasteiger partial charge on any atom is -0.392 e. The third kappa shape index (κ3) is 2.36. The molecule has 1 rings (SSSR count). The highest BCUT2D eigenvalue weighted by Crippen LogP contribution is 2.02. The molecular weight excluding hydrogens is 152 g/mol. The quantitative estimate of drug-likeness (QED) is 0.690. The van der Waals surface area contributed by atoms with Gasteiger partial charge >= 0.3 is 0 Å². The molecule has 1 aromatic heterocycles. The van der Waals surface area contributed by atoms with Crippen molar-refractivity contribution in [3.05, 3.63) is 24.0 Å². The molecule has 0 amide bonds. The monoisotopic (exact) mass is 168 g/mol. The molecule has 0 aliphatic rings. The van der Waals surface area contributed by atoms with Crippen LogP contribution in [0.5, 0.6) is 0 Å². The van der Waals surface area contributed by atoms with Gasteiger partial charge in [-0.1, -0.05) is 0 Å². The molecule has 0 saturated heterocycles. The molecule has 3 heteroatoms. The lowest BCUT2D eigenvalue weighted by Crippen LogP contribution is -2.16. The van der Waals surface area contributed by atoms with Crippen LogP contribution >= 0.6 is 0 Å². The summed E-state index contributed by atoms with van der Waals surface area (Å²) in [5.74, 6) is 0. The number of hydrogen-bond acceptors (Lipinski definition) is 2. The van der Waals surface area contributed by atoms with Crippen LogP contribution in [0.15, 0.2) is 18.3 Å². The van der Waals surface area contributed by atoms with Gasteiger partial charge in [0.15, 0.2) is 0 Å². The molecule has 68 valence electrons. The van der Waals surface area contributed by atoms with Gasteiger partial charge in [0.2, 0.25) is 0 Å². The Morgan fingerprint density at radius 2 is 2.42 bits per heavy atom. The lowest BCUT2D eigenvalue weighted by Gasteiger charge is -2.10. The van der Waals surface area contributed by atoms with E-state index in [-0.39, 0.29) is 6.10 Å². The summed E-state index contributed by atoms with van der Waals surface area (Å²) in [5.41, 5.74) is 1.21. The number of aliphatic hydroxyl groups excluding tert-OH is 1. The Morgan fingerprint density at radius 3 is 3.00 bits per heavy atom. The predicted molar refractivity (Wildman–Crippen MR) is 48.9 cm³/mol. The molecule has 1 atom stereocenters. The summed E-state index contributed by atoms with van der Waals surface area (Å²) in [7, 11) is 1.92. The first-order valence-electron chi connectivity index (χ1n) is 4.20. The normalized spacial score (nSPS) is 13.2. The van der Waals surface area contributed by atoms with Crippen LogP contribution in [-0.4, -0.2) is 22.8 Å². The second-order valence-electron chi connectivity index (χ2n) is 3.03. The zero-order valence-electron chi connectivity index (χ0n) is 7.62. The van der Waals surface area contributed by atoms with E-state index < -0.39 is 0 Å². The molecule has 0 fully saturated rings. The first-order chi connectivity index (χ1) is 5.74. The van der Waals surface area contributed by atoms with Gasteiger partial charge in [-0.25, -0.2) is 0 Å². The van der Waals surface area contributed by atoms with E-state index >= 15 is 0 Å². The number of nitrogens with one attached hydrogen (secondary N) is 1. The van der Waals surface area contributed by atoms with E-state index in [1.165, 1.54) is 5.69 Å². The van der Waals surface area contributed by atoms with Gasteiger partial charge in [0.25, 0.3) is 0 Å². The second kappa shape index (κ2) is 4.28. The molecular formula is C9H16N2O. The molecule has 2 N–H and O–H groups in total. The minimum atomic E-state index is -0.284. The van der Waals surface area contributed by atoms with Crippen LogP contribution < -0.4 is 5.32 Å². The first kappa shape index (κ1) is 9.29. The SMILES string of the molecule is CNCc1cccn1CC(C)O. The largest absolute Gasteiger partial charge is 0.392 e. The number of aliphatic hydroxyl groups is 1. The van der Waals surface area contributed by atoms with Crippen LogP contribution in [0.2, 0.25) is 0 Å². The highest BCUT2D eigenvalue weighted by molar-refractivity contribution is 5.06. The fraction of sp³-hybridized carbons (Fsp3) is 0.556. The van der Waals surface area contributed by atoms with Gasteiger partial charge in [0.1, 0.15) is 0 Å². The Kier molecular flexibility index (Phi) is 3.31. The van der Waals surface area contributed by atoms with Gasteiger partial charge in [-0.15, -0.1) is 0 Å². The van der Waals surface area contributed by atoms with Crippen LogP contribution in [0.4, 0.5) is 0 Å². The highest BCUT2D eigenvalue weighted by atomic mass is 16.3. The van der Waals surface area contributed by atoms with E-state index in [0.717, 1.165) is 6.54 Å². The van der Waals surface area contributed by atoms with Crippen LogP contribution in [0.1, 0.15) is 12.6 Å². The van der Waals surface area contributed by atoms with E-state index in [0.29, 0.717) is 6.54 Å². The van der Waals surface area contributed by atoms with Gasteiger partial charge in [0.05, 0.1) is 6.10 Å². The number of aromatic nitrogens is 1. The molecule has 0 spiro atoms. The summed E-state index contributed by atoms with van der Waals surface area (Å²) in [6, 6.07) is 4.05. The Balaban J connectivity index is 2.63. The summed E-state index contributed by atoms with van der Waals surface area (Å²) in [4.78, 5) is 0. The third-order valence-corrected chi connectivity index (χ3v) is 1.74. The van der Waals surface area contributed by atoms with Crippen molar-refractivity contribution >= 4 is 0 Å². The predicted octanol–water partition coefficient (Wildman–Crippen LogP) is 0.588. The molecule has 0 aromatic carbocycles. The van der Waals surface area contributed by atoms with Gasteiger partial charge in [-0.2, -0.15) is 0 Å². The standard InChI is InChI=1S/C9H16N2O/c1-8(12)7-11-5-3-4-9(11)6-10-2/h3-5,8,10,12H,6-7H2,1-2H3. The van der Waals surface area contributed by atoms with Crippen LogP contribution in [0.25, 0.3) is 0 Å². The van der Waals surface area contributed by atoms with Crippen molar-refractivity contribution in [2.45, 2.75) is 26.1 Å². The van der Waals surface area contributed by atoms with E-state index in [2.05, 4.69) is 16.0 Å². The molecule has 3 nitrogen and oxygen atoms in total. The summed E-state index contributed by atoms with van der Waals surface area (Å²) in [5, 5.41) is 12.3. The number of nitrogens with zero attached hydrogens (tertiary/aromatic N) is 1. The lowest BCUT2D eigenvalue weighted by molar-refractivity contribution is 0.172. The zero-order chi connectivity index (χ0) is 8.97. The Labute approximate surface area is 73.0 Å². The molecule has 12 heavy (non-hydrogen) atoms. The average Bonchev–Trinajstić information content (AvgIpc) is 2.37. The first-order valence-corrected chi connectivity index (χ1v) is 4.20. The van der Waals surface area contributed by atoms with Crippen molar-refractivity contribution in [2.24, 2.45) is 0 Å². The molecule has 0 aliphatic carbocycles. The summed E-state index contributed by atoms with van der Waals surface area (Å²) in [6.45, 7) is 3.31. The number of hydrogen-bond donors (Lipinski definition) is 2. The van der Waals surface area contributed by atoms with E-state index in [1.54, 1.807) is 6.92 Å². The third-order valence-electron chi connectivity index (χ3n) is 1.74. The van der Waals surface area contributed by atoms with Crippen LogP contribution in [0.3, 0.4) is 0 Å². The Morgan fingerprint density at radius 1 is 1.67 bits per heavy atom. The van der Waals surface area contributed by atoms with Gasteiger partial charge < -0.3 is 15.0 Å². The molecule has 1 aromatic rings. The van der Waals surface area contributed by atoms with Gasteiger partial charge in [-0.05, 0) is 26.1 Å². The van der Waals surface area contributed by atoms with Crippen molar-refractivity contribution in [2.75, 3.05) is 7.05 Å². The molecule has 0 saturated carbocycles. The lowest BCUT2D eigenvalue weighted by atomic mass is 10.3. The maximum absolute atomic E-state index is 9.18. The Hall–Kier alpha value is -0.800. The molecule has 1 unspecified atom stereocenters. The van der Waals surface area contributed by atoms with Gasteiger partial charge in [-0.3, -0.25) is 0 Å². The maximum Gasteiger partial charge on any atom is 0.0690 e. The molecule has 0 bridgehead atoms. The van der Waals surface area contributed by atoms with E-state index in [1.807, 2.05) is 19.3 Å². The highest BCUT2D eigenvalue weighted by Gasteiger charge is 2.01. The maximum atomic E-state index is 9.18. The van der Waals surface area contributed by atoms with Gasteiger partial charge in [0, 0.05) is 25.0 Å². The van der Waals surface area contributed by atoms with E-state index in [9.17, 15) is 5.11 Å². The van der Waals surface area contributed by atoms with Crippen LogP contribution in [0, 0.1) is 0 Å².